The van der Waals surface area contributed by atoms with Gasteiger partial charge in [-0.25, -0.2) is 4.79 Å². The van der Waals surface area contributed by atoms with Gasteiger partial charge in [0.25, 0.3) is 5.91 Å². The first-order chi connectivity index (χ1) is 12.6. The van der Waals surface area contributed by atoms with Crippen molar-refractivity contribution in [2.45, 2.75) is 38.4 Å². The van der Waals surface area contributed by atoms with Crippen molar-refractivity contribution in [3.05, 3.63) is 30.1 Å². The average molecular weight is 379 g/mol. The molecule has 1 rings (SSSR count). The maximum atomic E-state index is 12.1. The van der Waals surface area contributed by atoms with E-state index in [1.165, 1.54) is 38.4 Å². The van der Waals surface area contributed by atoms with E-state index in [1.807, 2.05) is 0 Å². The quantitative estimate of drug-likeness (QED) is 0.334. The third-order valence-electron chi connectivity index (χ3n) is 3.46. The number of amides is 4. The van der Waals surface area contributed by atoms with Gasteiger partial charge in [-0.1, -0.05) is 0 Å². The SMILES string of the molecule is CC(NC(=O)c1ccncc1)C(=O)NC(C)C(=O)NC(CC(N)=O)C(=O)O. The molecule has 4 amide bonds. The molecule has 0 bridgehead atoms. The lowest BCUT2D eigenvalue weighted by Crippen LogP contribution is -2.54. The highest BCUT2D eigenvalue weighted by molar-refractivity contribution is 5.98. The van der Waals surface area contributed by atoms with Crippen molar-refractivity contribution in [3.8, 4) is 0 Å². The van der Waals surface area contributed by atoms with Crippen molar-refractivity contribution in [1.82, 2.24) is 20.9 Å². The second-order valence-corrected chi connectivity index (χ2v) is 5.73. The highest BCUT2D eigenvalue weighted by atomic mass is 16.4. The van der Waals surface area contributed by atoms with Crippen LogP contribution >= 0.6 is 0 Å². The molecule has 0 aliphatic carbocycles. The highest BCUT2D eigenvalue weighted by Crippen LogP contribution is 1.98. The smallest absolute Gasteiger partial charge is 0.326 e. The van der Waals surface area contributed by atoms with Crippen LogP contribution in [0.15, 0.2) is 24.5 Å². The summed E-state index contributed by atoms with van der Waals surface area (Å²) >= 11 is 0. The molecule has 27 heavy (non-hydrogen) atoms. The summed E-state index contributed by atoms with van der Waals surface area (Å²) in [5.41, 5.74) is 5.24. The molecule has 6 N–H and O–H groups in total. The fourth-order valence-electron chi connectivity index (χ4n) is 1.95. The molecule has 0 fully saturated rings. The normalized spacial score (nSPS) is 13.6. The van der Waals surface area contributed by atoms with E-state index in [4.69, 9.17) is 10.8 Å². The molecule has 0 aliphatic heterocycles. The first kappa shape index (κ1) is 21.5. The fraction of sp³-hybridized carbons (Fsp3) is 0.375. The Balaban J connectivity index is 2.58. The van der Waals surface area contributed by atoms with Crippen LogP contribution in [0.25, 0.3) is 0 Å². The van der Waals surface area contributed by atoms with E-state index in [0.29, 0.717) is 5.56 Å². The van der Waals surface area contributed by atoms with Crippen LogP contribution in [0.1, 0.15) is 30.6 Å². The molecule has 1 aromatic heterocycles. The monoisotopic (exact) mass is 379 g/mol. The van der Waals surface area contributed by atoms with Crippen molar-refractivity contribution in [2.75, 3.05) is 0 Å². The van der Waals surface area contributed by atoms with E-state index in [1.54, 1.807) is 0 Å². The van der Waals surface area contributed by atoms with E-state index in [2.05, 4.69) is 20.9 Å². The van der Waals surface area contributed by atoms with Crippen molar-refractivity contribution in [3.63, 3.8) is 0 Å². The molecule has 0 saturated heterocycles. The summed E-state index contributed by atoms with van der Waals surface area (Å²) in [5, 5.41) is 15.9. The maximum absolute atomic E-state index is 12.1. The summed E-state index contributed by atoms with van der Waals surface area (Å²) in [6.45, 7) is 2.75. The number of nitrogens with two attached hydrogens (primary N) is 1. The fourth-order valence-corrected chi connectivity index (χ4v) is 1.95. The van der Waals surface area contributed by atoms with Gasteiger partial charge in [-0.2, -0.15) is 0 Å². The van der Waals surface area contributed by atoms with Gasteiger partial charge in [0.05, 0.1) is 6.42 Å². The third kappa shape index (κ3) is 7.10. The number of carboxylic acid groups (broad SMARTS) is 1. The molecule has 0 saturated carbocycles. The Bertz CT molecular complexity index is 723. The lowest BCUT2D eigenvalue weighted by molar-refractivity contribution is -0.143. The molecule has 0 radical (unpaired) electrons. The lowest BCUT2D eigenvalue weighted by atomic mass is 10.1. The summed E-state index contributed by atoms with van der Waals surface area (Å²) in [7, 11) is 0. The Morgan fingerprint density at radius 2 is 1.52 bits per heavy atom. The van der Waals surface area contributed by atoms with Crippen molar-refractivity contribution in [2.24, 2.45) is 5.73 Å². The number of carboxylic acids is 1. The van der Waals surface area contributed by atoms with Gasteiger partial charge in [0.1, 0.15) is 18.1 Å². The molecule has 3 unspecified atom stereocenters. The second-order valence-electron chi connectivity index (χ2n) is 5.73. The number of hydrogen-bond donors (Lipinski definition) is 5. The van der Waals surface area contributed by atoms with Crippen LogP contribution in [-0.2, 0) is 19.2 Å². The van der Waals surface area contributed by atoms with Crippen LogP contribution in [0.3, 0.4) is 0 Å². The zero-order valence-corrected chi connectivity index (χ0v) is 14.8. The van der Waals surface area contributed by atoms with E-state index < -0.39 is 54.1 Å². The van der Waals surface area contributed by atoms with Crippen LogP contribution in [-0.4, -0.2) is 57.8 Å². The van der Waals surface area contributed by atoms with Gasteiger partial charge >= 0.3 is 5.97 Å². The number of hydrogen-bond acceptors (Lipinski definition) is 6. The molecule has 0 aliphatic rings. The minimum Gasteiger partial charge on any atom is -0.480 e. The van der Waals surface area contributed by atoms with Crippen molar-refractivity contribution >= 4 is 29.6 Å². The number of nitrogens with one attached hydrogen (secondary N) is 3. The summed E-state index contributed by atoms with van der Waals surface area (Å²) in [5.74, 6) is -4.29. The maximum Gasteiger partial charge on any atom is 0.326 e. The van der Waals surface area contributed by atoms with Gasteiger partial charge in [-0.15, -0.1) is 0 Å². The Hall–Kier alpha value is -3.50. The van der Waals surface area contributed by atoms with Gasteiger partial charge in [0.2, 0.25) is 17.7 Å². The number of carbonyl (C=O) groups excluding carboxylic acids is 4. The van der Waals surface area contributed by atoms with Gasteiger partial charge < -0.3 is 26.8 Å². The number of carbonyl (C=O) groups is 5. The molecule has 1 aromatic rings. The Morgan fingerprint density at radius 1 is 1.00 bits per heavy atom. The van der Waals surface area contributed by atoms with E-state index >= 15 is 0 Å². The number of aliphatic carboxylic acids is 1. The summed E-state index contributed by atoms with van der Waals surface area (Å²) in [6.07, 6.45) is 2.27. The van der Waals surface area contributed by atoms with Crippen LogP contribution in [0.2, 0.25) is 0 Å². The van der Waals surface area contributed by atoms with Crippen LogP contribution in [0, 0.1) is 0 Å². The first-order valence-electron chi connectivity index (χ1n) is 7.94. The third-order valence-corrected chi connectivity index (χ3v) is 3.46. The Kier molecular flexibility index (Phi) is 7.86. The molecule has 3 atom stereocenters. The number of aromatic nitrogens is 1. The first-order valence-corrected chi connectivity index (χ1v) is 7.94. The number of nitrogens with zero attached hydrogens (tertiary/aromatic N) is 1. The molecule has 11 nitrogen and oxygen atoms in total. The minimum atomic E-state index is -1.50. The zero-order valence-electron chi connectivity index (χ0n) is 14.8. The van der Waals surface area contributed by atoms with Crippen LogP contribution < -0.4 is 21.7 Å². The molecule has 11 heteroatoms. The molecular formula is C16H21N5O6. The molecule has 1 heterocycles. The summed E-state index contributed by atoms with van der Waals surface area (Å²) in [6, 6.07) is -0.616. The topological polar surface area (TPSA) is 181 Å². The Morgan fingerprint density at radius 3 is 2.04 bits per heavy atom. The van der Waals surface area contributed by atoms with Gasteiger partial charge in [0, 0.05) is 18.0 Å². The Labute approximate surface area is 154 Å². The molecule has 0 spiro atoms. The highest BCUT2D eigenvalue weighted by Gasteiger charge is 2.26. The van der Waals surface area contributed by atoms with E-state index in [9.17, 15) is 24.0 Å². The van der Waals surface area contributed by atoms with E-state index in [-0.39, 0.29) is 0 Å². The summed E-state index contributed by atoms with van der Waals surface area (Å²) in [4.78, 5) is 61.8. The standard InChI is InChI=1S/C16H21N5O6/c1-8(20-15(25)10-3-5-18-6-4-10)13(23)19-9(2)14(24)21-11(16(26)27)7-12(17)22/h3-6,8-9,11H,7H2,1-2H3,(H2,17,22)(H,19,23)(H,20,25)(H,21,24)(H,26,27). The van der Waals surface area contributed by atoms with E-state index in [0.717, 1.165) is 0 Å². The molecule has 0 aromatic carbocycles. The van der Waals surface area contributed by atoms with Gasteiger partial charge in [-0.05, 0) is 26.0 Å². The predicted molar refractivity (Wildman–Crippen MR) is 92.1 cm³/mol. The number of rotatable bonds is 9. The van der Waals surface area contributed by atoms with Crippen molar-refractivity contribution < 1.29 is 29.1 Å². The van der Waals surface area contributed by atoms with Crippen molar-refractivity contribution in [1.29, 1.82) is 0 Å². The van der Waals surface area contributed by atoms with Gasteiger partial charge in [0.15, 0.2) is 0 Å². The molecule has 146 valence electrons. The predicted octanol–water partition coefficient (Wildman–Crippen LogP) is -1.85. The number of pyridine rings is 1. The number of primary amides is 1. The van der Waals surface area contributed by atoms with Crippen LogP contribution in [0.4, 0.5) is 0 Å². The lowest BCUT2D eigenvalue weighted by Gasteiger charge is -2.20. The zero-order chi connectivity index (χ0) is 20.6. The summed E-state index contributed by atoms with van der Waals surface area (Å²) < 4.78 is 0. The minimum absolute atomic E-state index is 0.311. The largest absolute Gasteiger partial charge is 0.480 e. The van der Waals surface area contributed by atoms with Gasteiger partial charge in [-0.3, -0.25) is 24.2 Å². The second kappa shape index (κ2) is 9.85. The average Bonchev–Trinajstić information content (AvgIpc) is 2.60. The molecular weight excluding hydrogens is 358 g/mol. The van der Waals surface area contributed by atoms with Crippen LogP contribution in [0.5, 0.6) is 0 Å².